The minimum atomic E-state index is -0.471. The van der Waals surface area contributed by atoms with Crippen LogP contribution >= 0.6 is 0 Å². The van der Waals surface area contributed by atoms with Crippen LogP contribution in [0.2, 0.25) is 0 Å². The second-order valence-corrected chi connectivity index (χ2v) is 6.43. The van der Waals surface area contributed by atoms with Gasteiger partial charge in [-0.3, -0.25) is 19.8 Å². The summed E-state index contributed by atoms with van der Waals surface area (Å²) >= 11 is 0. The van der Waals surface area contributed by atoms with Crippen LogP contribution in [0.15, 0.2) is 42.5 Å². The van der Waals surface area contributed by atoms with Crippen molar-refractivity contribution < 1.29 is 14.5 Å². The molecule has 0 saturated heterocycles. The molecule has 2 rings (SSSR count). The van der Waals surface area contributed by atoms with Crippen molar-refractivity contribution in [1.29, 1.82) is 0 Å². The average Bonchev–Trinajstić information content (AvgIpc) is 2.70. The molecule has 0 saturated carbocycles. The third-order valence-electron chi connectivity index (χ3n) is 4.93. The number of amides is 1. The molecule has 0 radical (unpaired) electrons. The van der Waals surface area contributed by atoms with E-state index >= 15 is 0 Å². The first-order chi connectivity index (χ1) is 13.4. The molecule has 0 aromatic heterocycles. The summed E-state index contributed by atoms with van der Waals surface area (Å²) in [4.78, 5) is 25.6. The molecule has 1 unspecified atom stereocenters. The van der Waals surface area contributed by atoms with Crippen molar-refractivity contribution in [3.8, 4) is 5.75 Å². The molecule has 7 nitrogen and oxygen atoms in total. The van der Waals surface area contributed by atoms with Gasteiger partial charge < -0.3 is 10.1 Å². The minimum absolute atomic E-state index is 0.0342. The first kappa shape index (κ1) is 21.4. The van der Waals surface area contributed by atoms with Gasteiger partial charge in [0.25, 0.3) is 11.6 Å². The maximum atomic E-state index is 12.7. The molecule has 0 aliphatic rings. The highest BCUT2D eigenvalue weighted by Crippen LogP contribution is 2.25. The highest BCUT2D eigenvalue weighted by atomic mass is 16.6. The molecule has 0 aliphatic carbocycles. The maximum Gasteiger partial charge on any atom is 0.273 e. The molecule has 0 heterocycles. The standard InChI is InChI=1S/C21H27N3O4/c1-5-23(6-2)20(16-9-7-10-17(13-16)28-4)14-22-21(25)18-11-8-12-19(15(18)3)24(26)27/h7-13,20H,5-6,14H2,1-4H3,(H,22,25). The van der Waals surface area contributed by atoms with E-state index in [1.165, 1.54) is 12.1 Å². The fourth-order valence-electron chi connectivity index (χ4n) is 3.32. The van der Waals surface area contributed by atoms with Crippen LogP contribution in [0.1, 0.15) is 41.4 Å². The number of nitrogens with zero attached hydrogens (tertiary/aromatic N) is 2. The second-order valence-electron chi connectivity index (χ2n) is 6.43. The van der Waals surface area contributed by atoms with Gasteiger partial charge >= 0.3 is 0 Å². The summed E-state index contributed by atoms with van der Waals surface area (Å²) in [6.45, 7) is 7.77. The van der Waals surface area contributed by atoms with E-state index in [4.69, 9.17) is 4.74 Å². The summed E-state index contributed by atoms with van der Waals surface area (Å²) in [6, 6.07) is 12.3. The Kier molecular flexibility index (Phi) is 7.52. The summed E-state index contributed by atoms with van der Waals surface area (Å²) in [7, 11) is 1.62. The second kappa shape index (κ2) is 9.85. The Hall–Kier alpha value is -2.93. The Morgan fingerprint density at radius 1 is 1.21 bits per heavy atom. The summed E-state index contributed by atoms with van der Waals surface area (Å²) in [5.41, 5.74) is 1.67. The molecular weight excluding hydrogens is 358 g/mol. The Morgan fingerprint density at radius 2 is 1.89 bits per heavy atom. The molecule has 28 heavy (non-hydrogen) atoms. The maximum absolute atomic E-state index is 12.7. The molecular formula is C21H27N3O4. The molecule has 1 amide bonds. The van der Waals surface area contributed by atoms with Gasteiger partial charge in [0.15, 0.2) is 0 Å². The molecule has 0 fully saturated rings. The van der Waals surface area contributed by atoms with E-state index in [0.717, 1.165) is 24.4 Å². The van der Waals surface area contributed by atoms with E-state index in [9.17, 15) is 14.9 Å². The number of nitro benzene ring substituents is 1. The molecule has 0 spiro atoms. The quantitative estimate of drug-likeness (QED) is 0.525. The van der Waals surface area contributed by atoms with Crippen LogP contribution in [0.4, 0.5) is 5.69 Å². The van der Waals surface area contributed by atoms with Gasteiger partial charge in [-0.25, -0.2) is 0 Å². The lowest BCUT2D eigenvalue weighted by Crippen LogP contribution is -2.38. The summed E-state index contributed by atoms with van der Waals surface area (Å²) < 4.78 is 5.33. The molecule has 1 atom stereocenters. The van der Waals surface area contributed by atoms with Crippen molar-refractivity contribution in [3.63, 3.8) is 0 Å². The number of carbonyl (C=O) groups is 1. The largest absolute Gasteiger partial charge is 0.497 e. The third-order valence-corrected chi connectivity index (χ3v) is 4.93. The zero-order valence-corrected chi connectivity index (χ0v) is 16.8. The molecule has 150 valence electrons. The van der Waals surface area contributed by atoms with Gasteiger partial charge in [-0.15, -0.1) is 0 Å². The summed E-state index contributed by atoms with van der Waals surface area (Å²) in [5, 5.41) is 14.1. The molecule has 7 heteroatoms. The Morgan fingerprint density at radius 3 is 2.50 bits per heavy atom. The Labute approximate surface area is 165 Å². The number of rotatable bonds is 9. The monoisotopic (exact) mass is 385 g/mol. The number of hydrogen-bond acceptors (Lipinski definition) is 5. The number of hydrogen-bond donors (Lipinski definition) is 1. The predicted molar refractivity (Wildman–Crippen MR) is 109 cm³/mol. The van der Waals surface area contributed by atoms with Gasteiger partial charge in [-0.1, -0.05) is 32.0 Å². The summed E-state index contributed by atoms with van der Waals surface area (Å²) in [5.74, 6) is 0.441. The van der Waals surface area contributed by atoms with Crippen LogP contribution in [0, 0.1) is 17.0 Å². The van der Waals surface area contributed by atoms with Crippen LogP contribution in [0.3, 0.4) is 0 Å². The van der Waals surface area contributed by atoms with Gasteiger partial charge in [-0.05, 0) is 43.8 Å². The van der Waals surface area contributed by atoms with E-state index < -0.39 is 4.92 Å². The van der Waals surface area contributed by atoms with E-state index in [0.29, 0.717) is 17.7 Å². The molecule has 1 N–H and O–H groups in total. The number of ether oxygens (including phenoxy) is 1. The zero-order valence-electron chi connectivity index (χ0n) is 16.8. The normalized spacial score (nSPS) is 11.9. The van der Waals surface area contributed by atoms with Crippen molar-refractivity contribution in [2.45, 2.75) is 26.8 Å². The first-order valence-corrected chi connectivity index (χ1v) is 9.33. The van der Waals surface area contributed by atoms with Crippen LogP contribution in [0.25, 0.3) is 0 Å². The predicted octanol–water partition coefficient (Wildman–Crippen LogP) is 3.72. The summed E-state index contributed by atoms with van der Waals surface area (Å²) in [6.07, 6.45) is 0. The lowest BCUT2D eigenvalue weighted by molar-refractivity contribution is -0.385. The highest BCUT2D eigenvalue weighted by molar-refractivity contribution is 5.96. The molecule has 2 aromatic carbocycles. The van der Waals surface area contributed by atoms with Crippen LogP contribution in [-0.2, 0) is 0 Å². The van der Waals surface area contributed by atoms with Crippen LogP contribution in [-0.4, -0.2) is 42.5 Å². The number of benzene rings is 2. The topological polar surface area (TPSA) is 84.7 Å². The number of nitrogens with one attached hydrogen (secondary N) is 1. The van der Waals surface area contributed by atoms with Gasteiger partial charge in [0, 0.05) is 23.7 Å². The van der Waals surface area contributed by atoms with E-state index in [1.54, 1.807) is 20.1 Å². The van der Waals surface area contributed by atoms with Gasteiger partial charge in [0.05, 0.1) is 18.1 Å². The molecule has 2 aromatic rings. The van der Waals surface area contributed by atoms with Gasteiger partial charge in [0.2, 0.25) is 0 Å². The van der Waals surface area contributed by atoms with E-state index in [-0.39, 0.29) is 17.6 Å². The zero-order chi connectivity index (χ0) is 20.7. The Balaban J connectivity index is 2.25. The minimum Gasteiger partial charge on any atom is -0.497 e. The lowest BCUT2D eigenvalue weighted by atomic mass is 10.0. The molecule has 0 aliphatic heterocycles. The molecule has 0 bridgehead atoms. The Bertz CT molecular complexity index is 834. The van der Waals surface area contributed by atoms with Crippen molar-refractivity contribution in [2.24, 2.45) is 0 Å². The average molecular weight is 385 g/mol. The number of methoxy groups -OCH3 is 1. The highest BCUT2D eigenvalue weighted by Gasteiger charge is 2.22. The first-order valence-electron chi connectivity index (χ1n) is 9.33. The number of likely N-dealkylation sites (N-methyl/N-ethyl adjacent to an activating group) is 1. The number of nitro groups is 1. The fourth-order valence-corrected chi connectivity index (χ4v) is 3.32. The van der Waals surface area contributed by atoms with E-state index in [2.05, 4.69) is 24.1 Å². The lowest BCUT2D eigenvalue weighted by Gasteiger charge is -2.30. The number of carbonyl (C=O) groups excluding carboxylic acids is 1. The van der Waals surface area contributed by atoms with Crippen molar-refractivity contribution in [1.82, 2.24) is 10.2 Å². The van der Waals surface area contributed by atoms with Crippen LogP contribution < -0.4 is 10.1 Å². The van der Waals surface area contributed by atoms with Gasteiger partial charge in [0.1, 0.15) is 5.75 Å². The SMILES string of the molecule is CCN(CC)C(CNC(=O)c1cccc([N+](=O)[O-])c1C)c1cccc(OC)c1. The van der Waals surface area contributed by atoms with E-state index in [1.807, 2.05) is 24.3 Å². The van der Waals surface area contributed by atoms with Crippen molar-refractivity contribution in [3.05, 3.63) is 69.3 Å². The fraction of sp³-hybridized carbons (Fsp3) is 0.381. The smallest absolute Gasteiger partial charge is 0.273 e. The van der Waals surface area contributed by atoms with Gasteiger partial charge in [-0.2, -0.15) is 0 Å². The van der Waals surface area contributed by atoms with Crippen molar-refractivity contribution >= 4 is 11.6 Å². The van der Waals surface area contributed by atoms with Crippen LogP contribution in [0.5, 0.6) is 5.75 Å². The van der Waals surface area contributed by atoms with Crippen molar-refractivity contribution in [2.75, 3.05) is 26.7 Å². The third kappa shape index (κ3) is 4.86.